The van der Waals surface area contributed by atoms with Crippen molar-refractivity contribution < 1.29 is 29.7 Å². The van der Waals surface area contributed by atoms with E-state index in [4.69, 9.17) is 0 Å². The zero-order valence-corrected chi connectivity index (χ0v) is 31.9. The second kappa shape index (κ2) is 13.0. The molecule has 0 spiro atoms. The molecule has 2 aromatic rings. The van der Waals surface area contributed by atoms with Crippen molar-refractivity contribution in [2.24, 2.45) is 56.7 Å². The maximum Gasteiger partial charge on any atom is 0.326 e. The Labute approximate surface area is 308 Å². The summed E-state index contributed by atoms with van der Waals surface area (Å²) in [5, 5.41) is 38.3. The fraction of sp³-hybridized carbons (Fsp3) is 0.698. The van der Waals surface area contributed by atoms with Gasteiger partial charge in [-0.3, -0.25) is 9.59 Å². The number of H-pyrrole nitrogens is 1. The van der Waals surface area contributed by atoms with Crippen LogP contribution in [0.25, 0.3) is 10.9 Å². The summed E-state index contributed by atoms with van der Waals surface area (Å²) in [6.45, 7) is 15.9. The molecule has 5 saturated carbocycles. The minimum absolute atomic E-state index is 0.0105. The maximum absolute atomic E-state index is 14.5. The molecule has 0 saturated heterocycles. The molecule has 5 aliphatic rings. The van der Waals surface area contributed by atoms with Crippen molar-refractivity contribution in [1.29, 1.82) is 0 Å². The first-order valence-corrected chi connectivity index (χ1v) is 19.9. The van der Waals surface area contributed by atoms with Crippen LogP contribution >= 0.6 is 0 Å². The Kier molecular flexibility index (Phi) is 9.29. The van der Waals surface area contributed by atoms with E-state index in [1.54, 1.807) is 6.20 Å². The number of hydrogen-bond donors (Lipinski definition) is 6. The number of nitrogens with one attached hydrogen (secondary N) is 3. The van der Waals surface area contributed by atoms with E-state index in [-0.39, 0.29) is 59.5 Å². The Bertz CT molecular complexity index is 1750. The van der Waals surface area contributed by atoms with E-state index in [0.717, 1.165) is 86.2 Å². The fourth-order valence-corrected chi connectivity index (χ4v) is 13.9. The van der Waals surface area contributed by atoms with Crippen molar-refractivity contribution in [2.45, 2.75) is 117 Å². The molecule has 6 N–H and O–H groups in total. The monoisotopic (exact) mass is 715 g/mol. The summed E-state index contributed by atoms with van der Waals surface area (Å²) >= 11 is 0. The highest BCUT2D eigenvalue weighted by Gasteiger charge is 2.72. The Hall–Kier alpha value is -3.17. The van der Waals surface area contributed by atoms with Crippen molar-refractivity contribution in [3.8, 4) is 0 Å². The van der Waals surface area contributed by atoms with Gasteiger partial charge in [0.05, 0.1) is 24.7 Å². The minimum Gasteiger partial charge on any atom is -0.480 e. The Morgan fingerprint density at radius 2 is 1.69 bits per heavy atom. The number of aliphatic hydroxyl groups excluding tert-OH is 2. The van der Waals surface area contributed by atoms with Crippen molar-refractivity contribution in [1.82, 2.24) is 15.6 Å². The molecule has 1 heterocycles. The topological polar surface area (TPSA) is 152 Å². The number of aromatic amines is 1. The normalized spacial score (nSPS) is 41.5. The van der Waals surface area contributed by atoms with Gasteiger partial charge in [0.25, 0.3) is 0 Å². The lowest BCUT2D eigenvalue weighted by Crippen LogP contribution is -2.68. The molecule has 0 bridgehead atoms. The van der Waals surface area contributed by atoms with E-state index < -0.39 is 34.9 Å². The van der Waals surface area contributed by atoms with E-state index in [0.29, 0.717) is 11.8 Å². The molecule has 284 valence electrons. The zero-order valence-electron chi connectivity index (χ0n) is 31.9. The van der Waals surface area contributed by atoms with Crippen molar-refractivity contribution in [3.05, 3.63) is 48.2 Å². The van der Waals surface area contributed by atoms with Crippen LogP contribution < -0.4 is 10.6 Å². The molecule has 12 atom stereocenters. The standard InChI is InChI=1S/C43H61N3O6/c1-25(2)27-13-18-43(38(52)45-23-35(49)46-31(37(50)51)21-26-22-44-30-10-8-7-9-28(26)30)20-19-41(5)29(36(27)43)11-12-33-39(3)16-15-34(48)40(4,24-47)32(39)14-17-42(33,41)6/h7-10,22,27,29,31-34,36,44,47-48H,1,11-21,23-24H2,2-6H3,(H,45,52)(H,46,49)(H,50,51)/t27-,29?,31?,32?,33?,34-,36?,39-,40-,41+,42+,43-/m0/s1. The number of benzene rings is 1. The first-order chi connectivity index (χ1) is 24.6. The lowest BCUT2D eigenvalue weighted by Gasteiger charge is -2.73. The van der Waals surface area contributed by atoms with Crippen LogP contribution in [-0.4, -0.2) is 63.4 Å². The van der Waals surface area contributed by atoms with E-state index >= 15 is 0 Å². The molecule has 9 heteroatoms. The molecule has 52 heavy (non-hydrogen) atoms. The average molecular weight is 716 g/mol. The molecule has 5 aliphatic carbocycles. The second-order valence-corrected chi connectivity index (χ2v) is 18.8. The maximum atomic E-state index is 14.5. The summed E-state index contributed by atoms with van der Waals surface area (Å²) in [7, 11) is 0. The minimum atomic E-state index is -1.13. The highest BCUT2D eigenvalue weighted by Crippen LogP contribution is 2.77. The van der Waals surface area contributed by atoms with Gasteiger partial charge in [0.15, 0.2) is 0 Å². The predicted molar refractivity (Wildman–Crippen MR) is 201 cm³/mol. The van der Waals surface area contributed by atoms with E-state index in [2.05, 4.69) is 56.8 Å². The molecule has 0 radical (unpaired) electrons. The van der Waals surface area contributed by atoms with Crippen LogP contribution in [-0.2, 0) is 20.8 Å². The number of carboxylic acid groups (broad SMARTS) is 1. The summed E-state index contributed by atoms with van der Waals surface area (Å²) < 4.78 is 0. The first kappa shape index (κ1) is 37.2. The number of aliphatic carboxylic acids is 1. The summed E-state index contributed by atoms with van der Waals surface area (Å²) in [5.74, 6) is -0.279. The molecule has 9 nitrogen and oxygen atoms in total. The third kappa shape index (κ3) is 5.33. The third-order valence-corrected chi connectivity index (χ3v) is 16.8. The molecule has 5 fully saturated rings. The van der Waals surface area contributed by atoms with Gasteiger partial charge in [-0.25, -0.2) is 4.79 Å². The second-order valence-electron chi connectivity index (χ2n) is 18.8. The molecular weight excluding hydrogens is 654 g/mol. The van der Waals surface area contributed by atoms with Crippen molar-refractivity contribution in [3.63, 3.8) is 0 Å². The number of hydrogen-bond acceptors (Lipinski definition) is 5. The zero-order chi connectivity index (χ0) is 37.4. The van der Waals surface area contributed by atoms with Crippen LogP contribution in [0.5, 0.6) is 0 Å². The van der Waals surface area contributed by atoms with Gasteiger partial charge in [-0.15, -0.1) is 0 Å². The van der Waals surface area contributed by atoms with E-state index in [1.165, 1.54) is 0 Å². The van der Waals surface area contributed by atoms with Gasteiger partial charge >= 0.3 is 5.97 Å². The molecule has 2 amide bonds. The molecule has 7 rings (SSSR count). The molecule has 1 aromatic carbocycles. The number of fused-ring (bicyclic) bond motifs is 8. The summed E-state index contributed by atoms with van der Waals surface area (Å²) in [6.07, 6.45) is 10.7. The largest absolute Gasteiger partial charge is 0.480 e. The number of amides is 2. The van der Waals surface area contributed by atoms with Gasteiger partial charge in [-0.2, -0.15) is 0 Å². The molecule has 0 aliphatic heterocycles. The van der Waals surface area contributed by atoms with Crippen LogP contribution in [0.3, 0.4) is 0 Å². The summed E-state index contributed by atoms with van der Waals surface area (Å²) in [5.41, 5.74) is 1.86. The number of carboxylic acids is 1. The number of aromatic nitrogens is 1. The van der Waals surface area contributed by atoms with Gasteiger partial charge in [-0.1, -0.05) is 58.0 Å². The summed E-state index contributed by atoms with van der Waals surface area (Å²) in [4.78, 5) is 43.2. The average Bonchev–Trinajstić information content (AvgIpc) is 3.71. The first-order valence-electron chi connectivity index (χ1n) is 19.9. The molecular formula is C43H61N3O6. The third-order valence-electron chi connectivity index (χ3n) is 16.8. The van der Waals surface area contributed by atoms with Gasteiger partial charge in [-0.05, 0) is 129 Å². The predicted octanol–water partition coefficient (Wildman–Crippen LogP) is 6.39. The highest BCUT2D eigenvalue weighted by atomic mass is 16.4. The Morgan fingerprint density at radius 3 is 2.40 bits per heavy atom. The number of carbonyl (C=O) groups excluding carboxylic acids is 2. The summed E-state index contributed by atoms with van der Waals surface area (Å²) in [6, 6.07) is 6.55. The van der Waals surface area contributed by atoms with Gasteiger partial charge in [0.1, 0.15) is 6.04 Å². The quantitative estimate of drug-likeness (QED) is 0.166. The van der Waals surface area contributed by atoms with Crippen LogP contribution in [0.4, 0.5) is 0 Å². The SMILES string of the molecule is C=C(C)[C@@H]1CC[C@]2(C(=O)NCC(=O)NC(Cc3c[nH]c4ccccc34)C(=O)O)CC[C@]3(C)C(CCC4[C@@]5(C)CC[C@H](O)[C@@](C)(CO)C5CC[C@]43C)C12. The van der Waals surface area contributed by atoms with Crippen molar-refractivity contribution >= 4 is 28.7 Å². The van der Waals surface area contributed by atoms with Crippen LogP contribution in [0.1, 0.15) is 104 Å². The molecule has 5 unspecified atom stereocenters. The smallest absolute Gasteiger partial charge is 0.326 e. The lowest BCUT2D eigenvalue weighted by molar-refractivity contribution is -0.252. The number of carbonyl (C=O) groups is 3. The highest BCUT2D eigenvalue weighted by molar-refractivity contribution is 5.91. The number of aliphatic hydroxyl groups is 2. The number of rotatable bonds is 9. The van der Waals surface area contributed by atoms with Gasteiger partial charge < -0.3 is 30.9 Å². The van der Waals surface area contributed by atoms with Crippen molar-refractivity contribution in [2.75, 3.05) is 13.2 Å². The van der Waals surface area contributed by atoms with Gasteiger partial charge in [0, 0.05) is 28.9 Å². The molecule has 1 aromatic heterocycles. The van der Waals surface area contributed by atoms with E-state index in [1.807, 2.05) is 24.3 Å². The van der Waals surface area contributed by atoms with E-state index in [9.17, 15) is 29.7 Å². The van der Waals surface area contributed by atoms with Crippen LogP contribution in [0.15, 0.2) is 42.6 Å². The van der Waals surface area contributed by atoms with Gasteiger partial charge in [0.2, 0.25) is 11.8 Å². The fourth-order valence-electron chi connectivity index (χ4n) is 13.9. The Morgan fingerprint density at radius 1 is 0.942 bits per heavy atom. The van der Waals surface area contributed by atoms with Crippen LogP contribution in [0.2, 0.25) is 0 Å². The number of para-hydroxylation sites is 1. The lowest BCUT2D eigenvalue weighted by atomic mass is 9.32. The number of allylic oxidation sites excluding steroid dienone is 1. The van der Waals surface area contributed by atoms with Crippen LogP contribution in [0, 0.1) is 56.7 Å². The Balaban J connectivity index is 1.10.